The number of benzene rings is 1. The highest BCUT2D eigenvalue weighted by molar-refractivity contribution is 7.90. The van der Waals surface area contributed by atoms with Gasteiger partial charge in [0, 0.05) is 0 Å². The molecule has 1 heterocycles. The van der Waals surface area contributed by atoms with Crippen LogP contribution in [-0.4, -0.2) is 37.8 Å². The molecular formula is C13H13NO5S. The van der Waals surface area contributed by atoms with Gasteiger partial charge in [0.15, 0.2) is 0 Å². The van der Waals surface area contributed by atoms with Crippen molar-refractivity contribution >= 4 is 21.9 Å². The highest BCUT2D eigenvalue weighted by Crippen LogP contribution is 2.31. The maximum Gasteiger partial charge on any atom is 0.308 e. The molecule has 20 heavy (non-hydrogen) atoms. The van der Waals surface area contributed by atoms with Gasteiger partial charge in [-0.15, -0.1) is 0 Å². The molecule has 1 aromatic carbocycles. The van der Waals surface area contributed by atoms with Gasteiger partial charge in [0.2, 0.25) is 0 Å². The molecule has 1 amide bonds. The Morgan fingerprint density at radius 2 is 2.00 bits per heavy atom. The summed E-state index contributed by atoms with van der Waals surface area (Å²) >= 11 is 0. The van der Waals surface area contributed by atoms with Crippen molar-refractivity contribution < 1.29 is 22.7 Å². The van der Waals surface area contributed by atoms with E-state index in [1.165, 1.54) is 12.1 Å². The van der Waals surface area contributed by atoms with Crippen LogP contribution in [0.1, 0.15) is 23.2 Å². The van der Waals surface area contributed by atoms with Crippen molar-refractivity contribution in [3.63, 3.8) is 0 Å². The first-order chi connectivity index (χ1) is 9.51. The van der Waals surface area contributed by atoms with Crippen LogP contribution >= 0.6 is 0 Å². The first-order valence-corrected chi connectivity index (χ1v) is 7.78. The van der Waals surface area contributed by atoms with Gasteiger partial charge in [0.25, 0.3) is 15.9 Å². The van der Waals surface area contributed by atoms with Crippen LogP contribution in [0.15, 0.2) is 29.2 Å². The van der Waals surface area contributed by atoms with Crippen LogP contribution in [0.25, 0.3) is 0 Å². The van der Waals surface area contributed by atoms with E-state index in [0.29, 0.717) is 0 Å². The number of fused-ring (bicyclic) bond motifs is 1. The molecule has 0 radical (unpaired) electrons. The summed E-state index contributed by atoms with van der Waals surface area (Å²) in [5.74, 6) is -0.923. The zero-order valence-corrected chi connectivity index (χ0v) is 11.4. The van der Waals surface area contributed by atoms with Crippen LogP contribution in [0, 0.1) is 5.92 Å². The molecule has 1 aliphatic carbocycles. The van der Waals surface area contributed by atoms with Gasteiger partial charge < -0.3 is 4.74 Å². The first kappa shape index (κ1) is 13.1. The Kier molecular flexibility index (Phi) is 3.01. The fraction of sp³-hybridized carbons (Fsp3) is 0.385. The molecule has 106 valence electrons. The van der Waals surface area contributed by atoms with E-state index in [4.69, 9.17) is 4.74 Å². The molecule has 1 aromatic rings. The summed E-state index contributed by atoms with van der Waals surface area (Å²) in [6, 6.07) is 6.06. The molecular weight excluding hydrogens is 282 g/mol. The summed E-state index contributed by atoms with van der Waals surface area (Å²) in [4.78, 5) is 23.4. The molecule has 3 rings (SSSR count). The minimum atomic E-state index is -3.81. The van der Waals surface area contributed by atoms with E-state index in [2.05, 4.69) is 0 Å². The minimum Gasteiger partial charge on any atom is -0.464 e. The van der Waals surface area contributed by atoms with E-state index in [1.54, 1.807) is 12.1 Å². The Bertz CT molecular complexity index is 678. The number of hydrogen-bond acceptors (Lipinski definition) is 5. The van der Waals surface area contributed by atoms with Gasteiger partial charge in [-0.2, -0.15) is 0 Å². The number of carbonyl (C=O) groups is 2. The van der Waals surface area contributed by atoms with Crippen LogP contribution in [0.4, 0.5) is 0 Å². The third-order valence-electron chi connectivity index (χ3n) is 3.36. The van der Waals surface area contributed by atoms with Crippen molar-refractivity contribution in [1.82, 2.24) is 4.31 Å². The second-order valence-corrected chi connectivity index (χ2v) is 6.65. The SMILES string of the molecule is O=C(OCCN1C(=O)c2ccccc2S1(=O)=O)C1CC1. The van der Waals surface area contributed by atoms with Crippen LogP contribution < -0.4 is 0 Å². The van der Waals surface area contributed by atoms with Gasteiger partial charge in [-0.05, 0) is 25.0 Å². The van der Waals surface area contributed by atoms with Crippen molar-refractivity contribution in [2.45, 2.75) is 17.7 Å². The highest BCUT2D eigenvalue weighted by atomic mass is 32.2. The maximum atomic E-state index is 12.2. The van der Waals surface area contributed by atoms with Crippen molar-refractivity contribution in [3.8, 4) is 0 Å². The zero-order chi connectivity index (χ0) is 14.3. The van der Waals surface area contributed by atoms with Crippen LogP contribution in [-0.2, 0) is 19.6 Å². The third kappa shape index (κ3) is 2.07. The molecule has 0 aromatic heterocycles. The van der Waals surface area contributed by atoms with Gasteiger partial charge in [-0.25, -0.2) is 12.7 Å². The summed E-state index contributed by atoms with van der Waals surface area (Å²) in [5, 5.41) is 0. The Labute approximate surface area is 116 Å². The average Bonchev–Trinajstić information content (AvgIpc) is 3.24. The molecule has 6 nitrogen and oxygen atoms in total. The maximum absolute atomic E-state index is 12.2. The van der Waals surface area contributed by atoms with Crippen molar-refractivity contribution in [3.05, 3.63) is 29.8 Å². The number of sulfonamides is 1. The summed E-state index contributed by atoms with van der Waals surface area (Å²) in [6.07, 6.45) is 1.65. The number of amides is 1. The van der Waals surface area contributed by atoms with Gasteiger partial charge >= 0.3 is 5.97 Å². The standard InChI is InChI=1S/C13H13NO5S/c15-12-10-3-1-2-4-11(10)20(17,18)14(12)7-8-19-13(16)9-5-6-9/h1-4,9H,5-8H2. The molecule has 2 aliphatic rings. The quantitative estimate of drug-likeness (QED) is 0.767. The second-order valence-electron chi connectivity index (χ2n) is 4.82. The summed E-state index contributed by atoms with van der Waals surface area (Å²) in [7, 11) is -3.81. The number of rotatable bonds is 4. The minimum absolute atomic E-state index is 0.0125. The number of nitrogens with zero attached hydrogens (tertiary/aromatic N) is 1. The zero-order valence-electron chi connectivity index (χ0n) is 10.6. The third-order valence-corrected chi connectivity index (χ3v) is 5.20. The predicted molar refractivity (Wildman–Crippen MR) is 68.3 cm³/mol. The van der Waals surface area contributed by atoms with E-state index >= 15 is 0 Å². The van der Waals surface area contributed by atoms with Crippen molar-refractivity contribution in [1.29, 1.82) is 0 Å². The Morgan fingerprint density at radius 1 is 1.30 bits per heavy atom. The van der Waals surface area contributed by atoms with Gasteiger partial charge in [-0.1, -0.05) is 12.1 Å². The number of ether oxygens (including phenoxy) is 1. The molecule has 0 bridgehead atoms. The van der Waals surface area contributed by atoms with Crippen LogP contribution in [0.3, 0.4) is 0 Å². The summed E-state index contributed by atoms with van der Waals surface area (Å²) < 4.78 is 30.1. The Balaban J connectivity index is 1.71. The average molecular weight is 295 g/mol. The molecule has 1 aliphatic heterocycles. The number of hydrogen-bond donors (Lipinski definition) is 0. The summed E-state index contributed by atoms with van der Waals surface area (Å²) in [5.41, 5.74) is 0.168. The first-order valence-electron chi connectivity index (χ1n) is 6.34. The fourth-order valence-electron chi connectivity index (χ4n) is 2.12. The van der Waals surface area contributed by atoms with E-state index < -0.39 is 15.9 Å². The molecule has 0 saturated heterocycles. The largest absolute Gasteiger partial charge is 0.464 e. The molecule has 0 atom stereocenters. The topological polar surface area (TPSA) is 80.8 Å². The number of carbonyl (C=O) groups excluding carboxylic acids is 2. The van der Waals surface area contributed by atoms with E-state index in [1.807, 2.05) is 0 Å². The Hall–Kier alpha value is -1.89. The van der Waals surface area contributed by atoms with E-state index in [9.17, 15) is 18.0 Å². The molecule has 7 heteroatoms. The summed E-state index contributed by atoms with van der Waals surface area (Å²) in [6.45, 7) is -0.247. The lowest BCUT2D eigenvalue weighted by Crippen LogP contribution is -2.33. The van der Waals surface area contributed by atoms with Crippen molar-refractivity contribution in [2.24, 2.45) is 5.92 Å². The molecule has 1 fully saturated rings. The van der Waals surface area contributed by atoms with Crippen LogP contribution in [0.2, 0.25) is 0 Å². The predicted octanol–water partition coefficient (Wildman–Crippen LogP) is 0.784. The van der Waals surface area contributed by atoms with Gasteiger partial charge in [0.05, 0.1) is 18.0 Å². The molecule has 0 unspecified atom stereocenters. The van der Waals surface area contributed by atoms with Crippen LogP contribution in [0.5, 0.6) is 0 Å². The molecule has 1 saturated carbocycles. The molecule has 0 N–H and O–H groups in total. The van der Waals surface area contributed by atoms with Gasteiger partial charge in [-0.3, -0.25) is 9.59 Å². The normalized spacial score (nSPS) is 19.8. The smallest absolute Gasteiger partial charge is 0.308 e. The second kappa shape index (κ2) is 4.59. The lowest BCUT2D eigenvalue weighted by molar-refractivity contribution is -0.145. The lowest BCUT2D eigenvalue weighted by Gasteiger charge is -2.14. The lowest BCUT2D eigenvalue weighted by atomic mass is 10.2. The Morgan fingerprint density at radius 3 is 2.65 bits per heavy atom. The van der Waals surface area contributed by atoms with Crippen molar-refractivity contribution in [2.75, 3.05) is 13.2 Å². The molecule has 0 spiro atoms. The fourth-order valence-corrected chi connectivity index (χ4v) is 3.67. The van der Waals surface area contributed by atoms with Gasteiger partial charge in [0.1, 0.15) is 11.5 Å². The highest BCUT2D eigenvalue weighted by Gasteiger charge is 2.40. The van der Waals surface area contributed by atoms with E-state index in [-0.39, 0.29) is 35.5 Å². The number of esters is 1. The monoisotopic (exact) mass is 295 g/mol. The van der Waals surface area contributed by atoms with E-state index in [0.717, 1.165) is 17.1 Å².